The van der Waals surface area contributed by atoms with Crippen LogP contribution in [0, 0.1) is 5.82 Å². The Labute approximate surface area is 109 Å². The molecule has 1 aromatic rings. The fourth-order valence-electron chi connectivity index (χ4n) is 1.03. The lowest BCUT2D eigenvalue weighted by Crippen LogP contribution is -2.17. The van der Waals surface area contributed by atoms with Crippen LogP contribution in [0.25, 0.3) is 0 Å². The van der Waals surface area contributed by atoms with E-state index in [1.54, 1.807) is 0 Å². The van der Waals surface area contributed by atoms with Crippen molar-refractivity contribution < 1.29 is 23.4 Å². The number of carboxylic acids is 1. The first-order valence-corrected chi connectivity index (χ1v) is 5.73. The van der Waals surface area contributed by atoms with Crippen LogP contribution < -0.4 is 4.74 Å². The van der Waals surface area contributed by atoms with Crippen LogP contribution in [0.15, 0.2) is 16.6 Å². The van der Waals surface area contributed by atoms with E-state index < -0.39 is 18.0 Å². The van der Waals surface area contributed by atoms with E-state index in [1.165, 1.54) is 12.1 Å². The number of hydrogen-bond acceptors (Lipinski definition) is 2. The van der Waals surface area contributed by atoms with E-state index in [0.29, 0.717) is 0 Å². The maximum atomic E-state index is 13.5. The van der Waals surface area contributed by atoms with Gasteiger partial charge in [-0.15, -0.1) is 0 Å². The van der Waals surface area contributed by atoms with Gasteiger partial charge in [0.15, 0.2) is 17.7 Å². The van der Waals surface area contributed by atoms with Gasteiger partial charge in [-0.2, -0.15) is 0 Å². The summed E-state index contributed by atoms with van der Waals surface area (Å²) in [6.45, 7) is -0.277. The molecule has 0 aromatic heterocycles. The highest BCUT2D eigenvalue weighted by Crippen LogP contribution is 2.32. The highest BCUT2D eigenvalue weighted by Gasteiger charge is 2.17. The summed E-state index contributed by atoms with van der Waals surface area (Å²) >= 11 is 8.63. The summed E-state index contributed by atoms with van der Waals surface area (Å²) < 4.78 is 31.3. The largest absolute Gasteiger partial charge is 0.489 e. The molecule has 0 fully saturated rings. The fourth-order valence-corrected chi connectivity index (χ4v) is 1.54. The quantitative estimate of drug-likeness (QED) is 0.842. The molecule has 7 heteroatoms. The van der Waals surface area contributed by atoms with Crippen LogP contribution in [0.3, 0.4) is 0 Å². The van der Waals surface area contributed by atoms with Gasteiger partial charge in [0.2, 0.25) is 0 Å². The first-order chi connectivity index (χ1) is 7.93. The molecule has 0 saturated carbocycles. The van der Waals surface area contributed by atoms with Gasteiger partial charge in [0, 0.05) is 6.42 Å². The second-order valence-electron chi connectivity index (χ2n) is 3.12. The minimum Gasteiger partial charge on any atom is -0.489 e. The molecule has 0 aliphatic rings. The highest BCUT2D eigenvalue weighted by atomic mass is 79.9. The van der Waals surface area contributed by atoms with E-state index >= 15 is 0 Å². The Morgan fingerprint density at radius 1 is 1.59 bits per heavy atom. The lowest BCUT2D eigenvalue weighted by molar-refractivity contribution is -0.143. The Hall–Kier alpha value is -0.880. The van der Waals surface area contributed by atoms with Crippen molar-refractivity contribution >= 4 is 33.5 Å². The lowest BCUT2D eigenvalue weighted by Gasteiger charge is -2.10. The summed E-state index contributed by atoms with van der Waals surface area (Å²) in [7, 11) is 0. The molecule has 3 nitrogen and oxygen atoms in total. The molecular formula is C10H8BrClF2O3. The van der Waals surface area contributed by atoms with Gasteiger partial charge in [-0.25, -0.2) is 13.6 Å². The van der Waals surface area contributed by atoms with Crippen molar-refractivity contribution in [3.05, 3.63) is 27.4 Å². The molecule has 0 radical (unpaired) electrons. The maximum Gasteiger partial charge on any atom is 0.338 e. The Morgan fingerprint density at radius 3 is 2.82 bits per heavy atom. The van der Waals surface area contributed by atoms with E-state index in [0.717, 1.165) is 0 Å². The molecule has 0 saturated heterocycles. The van der Waals surface area contributed by atoms with Gasteiger partial charge in [0.05, 0.1) is 16.1 Å². The molecular weight excluding hydrogens is 321 g/mol. The summed E-state index contributed by atoms with van der Waals surface area (Å²) in [5.41, 5.74) is 0. The molecule has 1 atom stereocenters. The Bertz CT molecular complexity index is 428. The van der Waals surface area contributed by atoms with Crippen molar-refractivity contribution in [1.82, 2.24) is 0 Å². The van der Waals surface area contributed by atoms with Gasteiger partial charge in [0.1, 0.15) is 0 Å². The third-order valence-corrected chi connectivity index (χ3v) is 2.80. The predicted molar refractivity (Wildman–Crippen MR) is 61.8 cm³/mol. The number of rotatable bonds is 5. The van der Waals surface area contributed by atoms with Crippen LogP contribution in [0.2, 0.25) is 5.02 Å². The first-order valence-electron chi connectivity index (χ1n) is 4.56. The van der Waals surface area contributed by atoms with Gasteiger partial charge in [-0.3, -0.25) is 0 Å². The van der Waals surface area contributed by atoms with Crippen molar-refractivity contribution in [3.63, 3.8) is 0 Å². The summed E-state index contributed by atoms with van der Waals surface area (Å²) in [6, 6.07) is 2.81. The molecule has 1 unspecified atom stereocenters. The van der Waals surface area contributed by atoms with E-state index in [1.807, 2.05) is 0 Å². The van der Waals surface area contributed by atoms with Crippen LogP contribution in [-0.2, 0) is 4.79 Å². The van der Waals surface area contributed by atoms with Crippen molar-refractivity contribution in [2.24, 2.45) is 0 Å². The van der Waals surface area contributed by atoms with Crippen LogP contribution in [0.1, 0.15) is 6.42 Å². The van der Waals surface area contributed by atoms with E-state index in [4.69, 9.17) is 21.4 Å². The summed E-state index contributed by atoms with van der Waals surface area (Å²) in [6.07, 6.45) is -2.42. The SMILES string of the molecule is O=C(O)C(F)CCOc1c(Cl)ccc(Br)c1F. The van der Waals surface area contributed by atoms with Gasteiger partial charge < -0.3 is 9.84 Å². The normalized spacial score (nSPS) is 12.2. The Morgan fingerprint density at radius 2 is 2.24 bits per heavy atom. The van der Waals surface area contributed by atoms with Gasteiger partial charge in [-0.1, -0.05) is 11.6 Å². The minimum atomic E-state index is -2.04. The van der Waals surface area contributed by atoms with E-state index in [9.17, 15) is 13.6 Å². The molecule has 0 aliphatic carbocycles. The van der Waals surface area contributed by atoms with Crippen LogP contribution in [-0.4, -0.2) is 23.9 Å². The molecule has 0 spiro atoms. The third-order valence-electron chi connectivity index (χ3n) is 1.89. The van der Waals surface area contributed by atoms with Gasteiger partial charge in [-0.05, 0) is 28.1 Å². The van der Waals surface area contributed by atoms with Crippen LogP contribution in [0.4, 0.5) is 8.78 Å². The van der Waals surface area contributed by atoms with E-state index in [2.05, 4.69) is 15.9 Å². The number of carboxylic acid groups (broad SMARTS) is 1. The number of ether oxygens (including phenoxy) is 1. The van der Waals surface area contributed by atoms with Crippen molar-refractivity contribution in [2.45, 2.75) is 12.6 Å². The smallest absolute Gasteiger partial charge is 0.338 e. The number of halogens is 4. The van der Waals surface area contributed by atoms with Crippen molar-refractivity contribution in [1.29, 1.82) is 0 Å². The fraction of sp³-hybridized carbons (Fsp3) is 0.300. The monoisotopic (exact) mass is 328 g/mol. The Balaban J connectivity index is 2.64. The molecule has 94 valence electrons. The van der Waals surface area contributed by atoms with Crippen molar-refractivity contribution in [3.8, 4) is 5.75 Å². The number of hydrogen-bond donors (Lipinski definition) is 1. The minimum absolute atomic E-state index is 0.0384. The average molecular weight is 330 g/mol. The summed E-state index contributed by atoms with van der Waals surface area (Å²) in [4.78, 5) is 10.2. The first kappa shape index (κ1) is 14.2. The summed E-state index contributed by atoms with van der Waals surface area (Å²) in [5, 5.41) is 8.33. The van der Waals surface area contributed by atoms with Gasteiger partial charge in [0.25, 0.3) is 0 Å². The number of aliphatic carboxylic acids is 1. The van der Waals surface area contributed by atoms with Crippen molar-refractivity contribution in [2.75, 3.05) is 6.61 Å². The molecule has 0 amide bonds. The summed E-state index contributed by atoms with van der Waals surface area (Å²) in [5.74, 6) is -2.50. The number of carbonyl (C=O) groups is 1. The topological polar surface area (TPSA) is 46.5 Å². The van der Waals surface area contributed by atoms with Crippen LogP contribution >= 0.6 is 27.5 Å². The molecule has 1 rings (SSSR count). The molecule has 0 bridgehead atoms. The Kier molecular flexibility index (Phi) is 5.14. The molecule has 1 aromatic carbocycles. The zero-order valence-electron chi connectivity index (χ0n) is 8.42. The average Bonchev–Trinajstić information content (AvgIpc) is 2.28. The standard InChI is InChI=1S/C10H8BrClF2O3/c11-5-1-2-6(12)9(8(5)14)17-4-3-7(13)10(15)16/h1-2,7H,3-4H2,(H,15,16). The number of alkyl halides is 1. The maximum absolute atomic E-state index is 13.5. The molecule has 0 aliphatic heterocycles. The predicted octanol–water partition coefficient (Wildman–Crippen LogP) is 3.43. The van der Waals surface area contributed by atoms with Gasteiger partial charge >= 0.3 is 5.97 Å². The molecule has 1 N–H and O–H groups in total. The molecule has 0 heterocycles. The second-order valence-corrected chi connectivity index (χ2v) is 4.38. The zero-order chi connectivity index (χ0) is 13.0. The molecule has 17 heavy (non-hydrogen) atoms. The van der Waals surface area contributed by atoms with E-state index in [-0.39, 0.29) is 28.3 Å². The zero-order valence-corrected chi connectivity index (χ0v) is 10.8. The third kappa shape index (κ3) is 3.81. The second kappa shape index (κ2) is 6.16. The lowest BCUT2D eigenvalue weighted by atomic mass is 10.3. The highest BCUT2D eigenvalue weighted by molar-refractivity contribution is 9.10. The number of benzene rings is 1. The van der Waals surface area contributed by atoms with Crippen LogP contribution in [0.5, 0.6) is 5.75 Å².